The molecule has 0 heterocycles. The molecule has 0 saturated heterocycles. The van der Waals surface area contributed by atoms with Crippen LogP contribution in [-0.4, -0.2) is 24.1 Å². The lowest BCUT2D eigenvalue weighted by Crippen LogP contribution is -2.16. The van der Waals surface area contributed by atoms with Gasteiger partial charge < -0.3 is 9.47 Å². The van der Waals surface area contributed by atoms with Gasteiger partial charge >= 0.3 is 11.7 Å². The van der Waals surface area contributed by atoms with E-state index in [1.165, 1.54) is 6.07 Å². The van der Waals surface area contributed by atoms with Crippen molar-refractivity contribution in [3.63, 3.8) is 0 Å². The van der Waals surface area contributed by atoms with Crippen molar-refractivity contribution in [3.05, 3.63) is 32.3 Å². The van der Waals surface area contributed by atoms with E-state index >= 15 is 0 Å². The number of carbonyl (C=O) groups excluding carboxylic acids is 1. The molecule has 0 aliphatic heterocycles. The van der Waals surface area contributed by atoms with Crippen molar-refractivity contribution in [3.8, 4) is 5.75 Å². The van der Waals surface area contributed by atoms with Gasteiger partial charge in [-0.3, -0.25) is 10.1 Å². The number of nitro benzene ring substituents is 1. The van der Waals surface area contributed by atoms with Gasteiger partial charge in [-0.1, -0.05) is 29.3 Å². The van der Waals surface area contributed by atoms with Gasteiger partial charge in [0.25, 0.3) is 0 Å². The molecule has 0 fully saturated rings. The predicted molar refractivity (Wildman–Crippen MR) is 76.9 cm³/mol. The molecule has 0 radical (unpaired) electrons. The Bertz CT molecular complexity index is 504. The van der Waals surface area contributed by atoms with Crippen LogP contribution in [0.25, 0.3) is 0 Å². The Morgan fingerprint density at radius 2 is 2.15 bits per heavy atom. The molecule has 0 bridgehead atoms. The summed E-state index contributed by atoms with van der Waals surface area (Å²) in [5.41, 5.74) is 0.394. The van der Waals surface area contributed by atoms with E-state index in [-0.39, 0.29) is 18.0 Å². The molecule has 0 aliphatic rings. The third-order valence-electron chi connectivity index (χ3n) is 2.51. The molecule has 0 N–H and O–H groups in total. The smallest absolute Gasteiger partial charge is 0.344 e. The Morgan fingerprint density at radius 3 is 2.75 bits per heavy atom. The van der Waals surface area contributed by atoms with E-state index in [4.69, 9.17) is 9.47 Å². The summed E-state index contributed by atoms with van der Waals surface area (Å²) in [6.07, 6.45) is 1.70. The van der Waals surface area contributed by atoms with Gasteiger partial charge in [-0.05, 0) is 25.0 Å². The first-order valence-electron chi connectivity index (χ1n) is 6.18. The number of hydrogen-bond acceptors (Lipinski definition) is 5. The zero-order valence-electron chi connectivity index (χ0n) is 11.3. The number of rotatable bonds is 7. The van der Waals surface area contributed by atoms with Gasteiger partial charge in [0, 0.05) is 10.5 Å². The number of unbranched alkanes of at least 4 members (excludes halogenated alkanes) is 1. The maximum Gasteiger partial charge on any atom is 0.344 e. The van der Waals surface area contributed by atoms with Gasteiger partial charge in [0.05, 0.1) is 11.5 Å². The number of nitrogens with zero attached hydrogens (tertiary/aromatic N) is 1. The quantitative estimate of drug-likeness (QED) is 0.327. The number of carbonyl (C=O) groups is 1. The molecule has 0 saturated carbocycles. The van der Waals surface area contributed by atoms with Crippen molar-refractivity contribution >= 4 is 27.6 Å². The topological polar surface area (TPSA) is 78.7 Å². The van der Waals surface area contributed by atoms with E-state index in [2.05, 4.69) is 15.9 Å². The van der Waals surface area contributed by atoms with Crippen molar-refractivity contribution in [2.24, 2.45) is 0 Å². The second-order valence-corrected chi connectivity index (χ2v) is 5.11. The number of nitro groups is 1. The monoisotopic (exact) mass is 345 g/mol. The lowest BCUT2D eigenvalue weighted by Gasteiger charge is -2.10. The van der Waals surface area contributed by atoms with Gasteiger partial charge in [0.15, 0.2) is 6.61 Å². The molecule has 0 aliphatic carbocycles. The van der Waals surface area contributed by atoms with Crippen LogP contribution >= 0.6 is 15.9 Å². The zero-order valence-corrected chi connectivity index (χ0v) is 12.9. The summed E-state index contributed by atoms with van der Waals surface area (Å²) in [7, 11) is 0. The number of benzene rings is 1. The fourth-order valence-corrected chi connectivity index (χ4v) is 2.10. The van der Waals surface area contributed by atoms with Crippen LogP contribution in [0.5, 0.6) is 5.75 Å². The zero-order chi connectivity index (χ0) is 15.1. The molecular weight excluding hydrogens is 330 g/mol. The van der Waals surface area contributed by atoms with E-state index < -0.39 is 10.9 Å². The van der Waals surface area contributed by atoms with E-state index in [9.17, 15) is 14.9 Å². The molecule has 0 amide bonds. The van der Waals surface area contributed by atoms with Gasteiger partial charge in [0.1, 0.15) is 0 Å². The Morgan fingerprint density at radius 1 is 1.45 bits per heavy atom. The molecule has 1 aromatic carbocycles. The summed E-state index contributed by atoms with van der Waals surface area (Å²) >= 11 is 3.19. The number of halogens is 1. The second-order valence-electron chi connectivity index (χ2n) is 4.19. The standard InChI is InChI=1S/C13H16BrNO5/c1-3-4-5-19-12(16)8-20-13-9(2)6-10(14)7-11(13)15(17)18/h6-7H,3-5,8H2,1-2H3. The van der Waals surface area contributed by atoms with Crippen LogP contribution in [-0.2, 0) is 9.53 Å². The van der Waals surface area contributed by atoms with Crippen molar-refractivity contribution in [1.82, 2.24) is 0 Å². The predicted octanol–water partition coefficient (Wildman–Crippen LogP) is 3.39. The summed E-state index contributed by atoms with van der Waals surface area (Å²) in [5, 5.41) is 11.0. The van der Waals surface area contributed by atoms with Crippen LogP contribution in [0.2, 0.25) is 0 Å². The summed E-state index contributed by atoms with van der Waals surface area (Å²) in [5.74, 6) is -0.444. The average Bonchev–Trinajstić information content (AvgIpc) is 2.37. The van der Waals surface area contributed by atoms with Crippen molar-refractivity contribution in [2.45, 2.75) is 26.7 Å². The highest BCUT2D eigenvalue weighted by atomic mass is 79.9. The van der Waals surface area contributed by atoms with Crippen molar-refractivity contribution in [1.29, 1.82) is 0 Å². The second kappa shape index (κ2) is 7.84. The lowest BCUT2D eigenvalue weighted by atomic mass is 10.2. The molecule has 20 heavy (non-hydrogen) atoms. The van der Waals surface area contributed by atoms with E-state index in [1.54, 1.807) is 13.0 Å². The Labute approximate surface area is 125 Å². The minimum Gasteiger partial charge on any atom is -0.475 e. The molecular formula is C13H16BrNO5. The maximum absolute atomic E-state index is 11.4. The van der Waals surface area contributed by atoms with Crippen LogP contribution in [0.15, 0.2) is 16.6 Å². The fraction of sp³-hybridized carbons (Fsp3) is 0.462. The van der Waals surface area contributed by atoms with E-state index in [0.29, 0.717) is 16.6 Å². The number of aryl methyl sites for hydroxylation is 1. The summed E-state index contributed by atoms with van der Waals surface area (Å²) in [6.45, 7) is 3.65. The molecule has 6 nitrogen and oxygen atoms in total. The first-order chi connectivity index (χ1) is 9.45. The lowest BCUT2D eigenvalue weighted by molar-refractivity contribution is -0.385. The fourth-order valence-electron chi connectivity index (χ4n) is 1.54. The number of esters is 1. The Kier molecular flexibility index (Phi) is 6.44. The first-order valence-corrected chi connectivity index (χ1v) is 6.98. The molecule has 7 heteroatoms. The van der Waals surface area contributed by atoms with Crippen LogP contribution in [0.1, 0.15) is 25.3 Å². The SMILES string of the molecule is CCCCOC(=O)COc1c(C)cc(Br)cc1[N+](=O)[O-]. The van der Waals surface area contributed by atoms with Crippen LogP contribution < -0.4 is 4.74 Å². The first kappa shape index (κ1) is 16.4. The highest BCUT2D eigenvalue weighted by molar-refractivity contribution is 9.10. The van der Waals surface area contributed by atoms with Crippen LogP contribution in [0.4, 0.5) is 5.69 Å². The van der Waals surface area contributed by atoms with Crippen LogP contribution in [0.3, 0.4) is 0 Å². The Balaban J connectivity index is 2.72. The molecule has 110 valence electrons. The molecule has 0 atom stereocenters. The molecule has 0 unspecified atom stereocenters. The summed E-state index contributed by atoms with van der Waals surface area (Å²) in [4.78, 5) is 21.8. The van der Waals surface area contributed by atoms with Gasteiger partial charge in [-0.2, -0.15) is 0 Å². The third-order valence-corrected chi connectivity index (χ3v) is 2.97. The minimum absolute atomic E-state index is 0.0886. The third kappa shape index (κ3) is 4.80. The highest BCUT2D eigenvalue weighted by Crippen LogP contribution is 2.34. The largest absolute Gasteiger partial charge is 0.475 e. The minimum atomic E-state index is -0.546. The Hall–Kier alpha value is -1.63. The summed E-state index contributed by atoms with van der Waals surface area (Å²) < 4.78 is 10.7. The molecule has 1 aromatic rings. The molecule has 1 rings (SSSR count). The van der Waals surface area contributed by atoms with Crippen molar-refractivity contribution in [2.75, 3.05) is 13.2 Å². The number of hydrogen-bond donors (Lipinski definition) is 0. The van der Waals surface area contributed by atoms with Gasteiger partial charge in [-0.25, -0.2) is 4.79 Å². The normalized spacial score (nSPS) is 10.2. The van der Waals surface area contributed by atoms with Gasteiger partial charge in [0.2, 0.25) is 5.75 Å². The van der Waals surface area contributed by atoms with Crippen LogP contribution in [0, 0.1) is 17.0 Å². The van der Waals surface area contributed by atoms with E-state index in [1.807, 2.05) is 6.92 Å². The number of ether oxygens (including phenoxy) is 2. The van der Waals surface area contributed by atoms with Gasteiger partial charge in [-0.15, -0.1) is 0 Å². The highest BCUT2D eigenvalue weighted by Gasteiger charge is 2.20. The molecule has 0 spiro atoms. The molecule has 0 aromatic heterocycles. The van der Waals surface area contributed by atoms with Crippen molar-refractivity contribution < 1.29 is 19.2 Å². The summed E-state index contributed by atoms with van der Waals surface area (Å²) in [6, 6.07) is 3.02. The maximum atomic E-state index is 11.4. The van der Waals surface area contributed by atoms with E-state index in [0.717, 1.165) is 12.8 Å². The average molecular weight is 346 g/mol.